The number of hydrogen-bond acceptors (Lipinski definition) is 4. The van der Waals surface area contributed by atoms with Crippen molar-refractivity contribution in [1.82, 2.24) is 14.9 Å². The van der Waals surface area contributed by atoms with Crippen molar-refractivity contribution in [3.8, 4) is 0 Å². The van der Waals surface area contributed by atoms with Crippen LogP contribution in [0.2, 0.25) is 0 Å². The molecule has 0 radical (unpaired) electrons. The maximum Gasteiger partial charge on any atom is 0.243 e. The minimum Gasteiger partial charge on any atom is -0.356 e. The van der Waals surface area contributed by atoms with Gasteiger partial charge in [0.1, 0.15) is 0 Å². The molecule has 3 rings (SSSR count). The molecule has 1 amide bonds. The molecule has 1 unspecified atom stereocenters. The Hall–Kier alpha value is -1.44. The quantitative estimate of drug-likeness (QED) is 0.753. The van der Waals surface area contributed by atoms with Gasteiger partial charge in [-0.05, 0) is 62.4 Å². The molecule has 1 atom stereocenters. The molecule has 1 aromatic carbocycles. The van der Waals surface area contributed by atoms with Crippen LogP contribution < -0.4 is 10.6 Å². The molecule has 0 aliphatic carbocycles. The summed E-state index contributed by atoms with van der Waals surface area (Å²) in [7, 11) is -3.40. The Balaban J connectivity index is 1.49. The van der Waals surface area contributed by atoms with E-state index in [-0.39, 0.29) is 12.3 Å². The van der Waals surface area contributed by atoms with Crippen molar-refractivity contribution in [2.75, 3.05) is 32.7 Å². The summed E-state index contributed by atoms with van der Waals surface area (Å²) in [5.41, 5.74) is 0.836. The highest BCUT2D eigenvalue weighted by atomic mass is 32.2. The fourth-order valence-electron chi connectivity index (χ4n) is 3.66. The van der Waals surface area contributed by atoms with Gasteiger partial charge in [0.05, 0.1) is 11.3 Å². The Morgan fingerprint density at radius 1 is 1.15 bits per heavy atom. The predicted molar refractivity (Wildman–Crippen MR) is 101 cm³/mol. The molecule has 144 valence electrons. The zero-order chi connectivity index (χ0) is 18.4. The van der Waals surface area contributed by atoms with Crippen LogP contribution in [-0.2, 0) is 21.2 Å². The van der Waals surface area contributed by atoms with Gasteiger partial charge >= 0.3 is 0 Å². The van der Waals surface area contributed by atoms with E-state index in [0.29, 0.717) is 30.4 Å². The smallest absolute Gasteiger partial charge is 0.243 e. The third-order valence-electron chi connectivity index (χ3n) is 5.28. The maximum absolute atomic E-state index is 12.6. The van der Waals surface area contributed by atoms with E-state index < -0.39 is 10.0 Å². The van der Waals surface area contributed by atoms with E-state index in [1.54, 1.807) is 28.6 Å². The van der Waals surface area contributed by atoms with E-state index in [9.17, 15) is 13.2 Å². The molecule has 0 saturated carbocycles. The minimum atomic E-state index is -3.40. The van der Waals surface area contributed by atoms with Crippen molar-refractivity contribution in [2.45, 2.75) is 43.4 Å². The normalized spacial score (nSPS) is 21.6. The second-order valence-electron chi connectivity index (χ2n) is 7.28. The molecule has 2 heterocycles. The second-order valence-corrected chi connectivity index (χ2v) is 9.22. The average Bonchev–Trinajstić information content (AvgIpc) is 3.16. The SMILES string of the molecule is O=C(Cc1ccc(S(=O)(=O)N2CCCCC2)cc1)NCCC1CCNC1. The van der Waals surface area contributed by atoms with Crippen LogP contribution in [0, 0.1) is 5.92 Å². The molecule has 2 aliphatic rings. The number of rotatable bonds is 7. The van der Waals surface area contributed by atoms with Gasteiger partial charge in [0.2, 0.25) is 15.9 Å². The summed E-state index contributed by atoms with van der Waals surface area (Å²) in [6.45, 7) is 4.02. The Labute approximate surface area is 156 Å². The number of amides is 1. The first kappa shape index (κ1) is 19.3. The lowest BCUT2D eigenvalue weighted by atomic mass is 10.1. The van der Waals surface area contributed by atoms with Crippen LogP contribution in [0.15, 0.2) is 29.2 Å². The standard InChI is InChI=1S/C19H29N3O3S/c23-19(21-11-9-17-8-10-20-15-17)14-16-4-6-18(7-5-16)26(24,25)22-12-2-1-3-13-22/h4-7,17,20H,1-3,8-15H2,(H,21,23). The minimum absolute atomic E-state index is 0.0115. The van der Waals surface area contributed by atoms with Gasteiger partial charge in [-0.3, -0.25) is 4.79 Å². The van der Waals surface area contributed by atoms with Crippen LogP contribution in [0.4, 0.5) is 0 Å². The van der Waals surface area contributed by atoms with E-state index in [1.165, 1.54) is 6.42 Å². The topological polar surface area (TPSA) is 78.5 Å². The van der Waals surface area contributed by atoms with Gasteiger partial charge in [0, 0.05) is 19.6 Å². The summed E-state index contributed by atoms with van der Waals surface area (Å²) < 4.78 is 26.8. The zero-order valence-electron chi connectivity index (χ0n) is 15.2. The van der Waals surface area contributed by atoms with Crippen LogP contribution in [0.3, 0.4) is 0 Å². The molecule has 0 aromatic heterocycles. The summed E-state index contributed by atoms with van der Waals surface area (Å²) in [6.07, 6.45) is 5.42. The Morgan fingerprint density at radius 3 is 2.54 bits per heavy atom. The largest absolute Gasteiger partial charge is 0.356 e. The highest BCUT2D eigenvalue weighted by Gasteiger charge is 2.25. The van der Waals surface area contributed by atoms with Crippen LogP contribution in [-0.4, -0.2) is 51.4 Å². The summed E-state index contributed by atoms with van der Waals surface area (Å²) in [4.78, 5) is 12.4. The summed E-state index contributed by atoms with van der Waals surface area (Å²) >= 11 is 0. The first-order chi connectivity index (χ1) is 12.6. The molecule has 6 nitrogen and oxygen atoms in total. The van der Waals surface area contributed by atoms with Crippen LogP contribution in [0.25, 0.3) is 0 Å². The van der Waals surface area contributed by atoms with Crippen LogP contribution >= 0.6 is 0 Å². The van der Waals surface area contributed by atoms with Crippen LogP contribution in [0.5, 0.6) is 0 Å². The summed E-state index contributed by atoms with van der Waals surface area (Å²) in [5, 5.41) is 6.29. The van der Waals surface area contributed by atoms with E-state index in [1.807, 2.05) is 0 Å². The van der Waals surface area contributed by atoms with Crippen molar-refractivity contribution in [2.24, 2.45) is 5.92 Å². The molecular formula is C19H29N3O3S. The molecule has 26 heavy (non-hydrogen) atoms. The molecule has 0 bridgehead atoms. The van der Waals surface area contributed by atoms with E-state index in [4.69, 9.17) is 0 Å². The molecule has 7 heteroatoms. The van der Waals surface area contributed by atoms with Gasteiger partial charge in [0.15, 0.2) is 0 Å². The fourth-order valence-corrected chi connectivity index (χ4v) is 5.18. The lowest BCUT2D eigenvalue weighted by Gasteiger charge is -2.25. The van der Waals surface area contributed by atoms with E-state index in [0.717, 1.165) is 44.3 Å². The van der Waals surface area contributed by atoms with E-state index in [2.05, 4.69) is 10.6 Å². The Bertz CT molecular complexity index is 691. The Morgan fingerprint density at radius 2 is 1.88 bits per heavy atom. The molecular weight excluding hydrogens is 350 g/mol. The molecule has 0 spiro atoms. The fraction of sp³-hybridized carbons (Fsp3) is 0.632. The van der Waals surface area contributed by atoms with Crippen molar-refractivity contribution < 1.29 is 13.2 Å². The average molecular weight is 380 g/mol. The van der Waals surface area contributed by atoms with Crippen molar-refractivity contribution in [3.05, 3.63) is 29.8 Å². The number of carbonyl (C=O) groups excluding carboxylic acids is 1. The zero-order valence-corrected chi connectivity index (χ0v) is 16.1. The molecule has 2 aliphatic heterocycles. The first-order valence-electron chi connectivity index (χ1n) is 9.62. The predicted octanol–water partition coefficient (Wildman–Crippen LogP) is 1.52. The number of benzene rings is 1. The third-order valence-corrected chi connectivity index (χ3v) is 7.19. The van der Waals surface area contributed by atoms with Crippen LogP contribution in [0.1, 0.15) is 37.7 Å². The highest BCUT2D eigenvalue weighted by molar-refractivity contribution is 7.89. The maximum atomic E-state index is 12.6. The summed E-state index contributed by atoms with van der Waals surface area (Å²) in [6, 6.07) is 6.74. The monoisotopic (exact) mass is 379 g/mol. The van der Waals surface area contributed by atoms with Gasteiger partial charge in [-0.15, -0.1) is 0 Å². The number of piperidine rings is 1. The lowest BCUT2D eigenvalue weighted by Crippen LogP contribution is -2.35. The second kappa shape index (κ2) is 8.97. The van der Waals surface area contributed by atoms with E-state index >= 15 is 0 Å². The van der Waals surface area contributed by atoms with Gasteiger partial charge in [-0.25, -0.2) is 8.42 Å². The number of carbonyl (C=O) groups is 1. The number of nitrogens with one attached hydrogen (secondary N) is 2. The van der Waals surface area contributed by atoms with Gasteiger partial charge in [-0.2, -0.15) is 4.31 Å². The molecule has 2 saturated heterocycles. The van der Waals surface area contributed by atoms with Gasteiger partial charge in [-0.1, -0.05) is 18.6 Å². The number of hydrogen-bond donors (Lipinski definition) is 2. The van der Waals surface area contributed by atoms with Gasteiger partial charge < -0.3 is 10.6 Å². The number of sulfonamides is 1. The van der Waals surface area contributed by atoms with Gasteiger partial charge in [0.25, 0.3) is 0 Å². The first-order valence-corrected chi connectivity index (χ1v) is 11.1. The highest BCUT2D eigenvalue weighted by Crippen LogP contribution is 2.21. The summed E-state index contributed by atoms with van der Waals surface area (Å²) in [5.74, 6) is 0.650. The van der Waals surface area contributed by atoms with Crippen molar-refractivity contribution in [3.63, 3.8) is 0 Å². The lowest BCUT2D eigenvalue weighted by molar-refractivity contribution is -0.120. The Kier molecular flexibility index (Phi) is 6.67. The molecule has 2 fully saturated rings. The van der Waals surface area contributed by atoms with Crippen molar-refractivity contribution >= 4 is 15.9 Å². The molecule has 1 aromatic rings. The molecule has 2 N–H and O–H groups in total. The number of nitrogens with zero attached hydrogens (tertiary/aromatic N) is 1. The third kappa shape index (κ3) is 5.05. The van der Waals surface area contributed by atoms with Crippen molar-refractivity contribution in [1.29, 1.82) is 0 Å².